The van der Waals surface area contributed by atoms with E-state index in [1.807, 2.05) is 29.6 Å². The van der Waals surface area contributed by atoms with Crippen LogP contribution in [0.15, 0.2) is 57.6 Å². The number of hydrogen-bond donors (Lipinski definition) is 1. The lowest BCUT2D eigenvalue weighted by atomic mass is 10.2. The second-order valence-electron chi connectivity index (χ2n) is 5.31. The van der Waals surface area contributed by atoms with E-state index in [0.717, 1.165) is 22.0 Å². The summed E-state index contributed by atoms with van der Waals surface area (Å²) in [5, 5.41) is 11.8. The van der Waals surface area contributed by atoms with Crippen LogP contribution in [0.2, 0.25) is 0 Å². The number of hydrogen-bond acceptors (Lipinski definition) is 8. The predicted molar refractivity (Wildman–Crippen MR) is 102 cm³/mol. The van der Waals surface area contributed by atoms with Gasteiger partial charge in [-0.15, -0.1) is 21.5 Å². The highest BCUT2D eigenvalue weighted by Crippen LogP contribution is 2.29. The molecule has 0 spiro atoms. The number of nitrogen functional groups attached to an aromatic ring is 1. The summed E-state index contributed by atoms with van der Waals surface area (Å²) in [6, 6.07) is 11.4. The summed E-state index contributed by atoms with van der Waals surface area (Å²) in [7, 11) is 1.65. The van der Waals surface area contributed by atoms with Crippen LogP contribution in [0, 0.1) is 0 Å². The van der Waals surface area contributed by atoms with Crippen LogP contribution in [0.1, 0.15) is 5.69 Å². The molecule has 0 aliphatic rings. The SMILES string of the molecule is COc1ccc(-c2nc(CSc3nnc(-c4ccco4)n3N)cs2)cc1. The number of rotatable bonds is 6. The molecule has 0 fully saturated rings. The van der Waals surface area contributed by atoms with Crippen molar-refractivity contribution in [2.45, 2.75) is 10.9 Å². The molecule has 1 aromatic carbocycles. The van der Waals surface area contributed by atoms with Gasteiger partial charge in [-0.1, -0.05) is 11.8 Å². The van der Waals surface area contributed by atoms with E-state index in [1.54, 1.807) is 36.8 Å². The Morgan fingerprint density at radius 3 is 2.81 bits per heavy atom. The van der Waals surface area contributed by atoms with Crippen LogP contribution in [0.5, 0.6) is 5.75 Å². The van der Waals surface area contributed by atoms with E-state index in [-0.39, 0.29) is 0 Å². The number of aromatic nitrogens is 4. The lowest BCUT2D eigenvalue weighted by Gasteiger charge is -2.01. The maximum atomic E-state index is 6.06. The summed E-state index contributed by atoms with van der Waals surface area (Å²) in [5.74, 6) is 8.63. The van der Waals surface area contributed by atoms with E-state index in [0.29, 0.717) is 22.5 Å². The smallest absolute Gasteiger partial charge is 0.218 e. The topological polar surface area (TPSA) is 92.0 Å². The van der Waals surface area contributed by atoms with E-state index in [4.69, 9.17) is 15.0 Å². The van der Waals surface area contributed by atoms with Gasteiger partial charge in [0.2, 0.25) is 11.0 Å². The first kappa shape index (κ1) is 16.7. The van der Waals surface area contributed by atoms with Gasteiger partial charge in [-0.2, -0.15) is 0 Å². The lowest BCUT2D eigenvalue weighted by molar-refractivity contribution is 0.415. The molecular weight excluding hydrogens is 370 g/mol. The van der Waals surface area contributed by atoms with E-state index in [1.165, 1.54) is 16.4 Å². The molecule has 0 saturated carbocycles. The summed E-state index contributed by atoms with van der Waals surface area (Å²) in [5.41, 5.74) is 2.03. The molecule has 0 aliphatic carbocycles. The molecule has 0 radical (unpaired) electrons. The molecule has 4 rings (SSSR count). The summed E-state index contributed by atoms with van der Waals surface area (Å²) in [4.78, 5) is 4.68. The number of nitrogens with zero attached hydrogens (tertiary/aromatic N) is 4. The first-order chi connectivity index (χ1) is 12.7. The van der Waals surface area contributed by atoms with E-state index in [2.05, 4.69) is 15.2 Å². The number of methoxy groups -OCH3 is 1. The molecule has 0 unspecified atom stereocenters. The number of furan rings is 1. The van der Waals surface area contributed by atoms with Crippen LogP contribution in [0.3, 0.4) is 0 Å². The standard InChI is InChI=1S/C17H15N5O2S2/c1-23-13-6-4-11(5-7-13)16-19-12(9-25-16)10-26-17-21-20-15(22(17)18)14-3-2-8-24-14/h2-9H,10,18H2,1H3. The summed E-state index contributed by atoms with van der Waals surface area (Å²) < 4.78 is 11.9. The second kappa shape index (κ2) is 7.22. The zero-order valence-electron chi connectivity index (χ0n) is 13.8. The van der Waals surface area contributed by atoms with Crippen LogP contribution >= 0.6 is 23.1 Å². The number of nitrogens with two attached hydrogens (primary N) is 1. The Kier molecular flexibility index (Phi) is 4.63. The van der Waals surface area contributed by atoms with Gasteiger partial charge in [0.1, 0.15) is 10.8 Å². The summed E-state index contributed by atoms with van der Waals surface area (Å²) >= 11 is 3.08. The molecule has 3 heterocycles. The average Bonchev–Trinajstić information content (AvgIpc) is 3.41. The lowest BCUT2D eigenvalue weighted by Crippen LogP contribution is -2.11. The molecule has 9 heteroatoms. The Labute approximate surface area is 157 Å². The molecule has 0 amide bonds. The Hall–Kier alpha value is -2.78. The first-order valence-electron chi connectivity index (χ1n) is 7.70. The highest BCUT2D eigenvalue weighted by Gasteiger charge is 2.15. The molecule has 132 valence electrons. The van der Waals surface area contributed by atoms with Crippen molar-refractivity contribution in [3.8, 4) is 27.9 Å². The summed E-state index contributed by atoms with van der Waals surface area (Å²) in [6.07, 6.45) is 1.58. The van der Waals surface area contributed by atoms with Gasteiger partial charge < -0.3 is 15.0 Å². The molecule has 7 nitrogen and oxygen atoms in total. The molecule has 0 aliphatic heterocycles. The molecule has 2 N–H and O–H groups in total. The third-order valence-electron chi connectivity index (χ3n) is 3.64. The van der Waals surface area contributed by atoms with Gasteiger partial charge in [0.15, 0.2) is 5.76 Å². The second-order valence-corrected chi connectivity index (χ2v) is 7.12. The third-order valence-corrected chi connectivity index (χ3v) is 5.56. The normalized spacial score (nSPS) is 11.0. The van der Waals surface area contributed by atoms with Crippen molar-refractivity contribution in [3.63, 3.8) is 0 Å². The number of thioether (sulfide) groups is 1. The fourth-order valence-corrected chi connectivity index (χ4v) is 4.01. The van der Waals surface area contributed by atoms with E-state index < -0.39 is 0 Å². The van der Waals surface area contributed by atoms with E-state index >= 15 is 0 Å². The fraction of sp³-hybridized carbons (Fsp3) is 0.118. The van der Waals surface area contributed by atoms with Gasteiger partial charge >= 0.3 is 0 Å². The van der Waals surface area contributed by atoms with Crippen molar-refractivity contribution in [2.24, 2.45) is 0 Å². The van der Waals surface area contributed by atoms with Gasteiger partial charge in [0, 0.05) is 16.7 Å². The Morgan fingerprint density at radius 2 is 2.08 bits per heavy atom. The number of thiazole rings is 1. The minimum atomic E-state index is 0.495. The maximum Gasteiger partial charge on any atom is 0.218 e. The molecular formula is C17H15N5O2S2. The molecule has 0 atom stereocenters. The zero-order valence-corrected chi connectivity index (χ0v) is 15.5. The molecule has 0 saturated heterocycles. The Bertz CT molecular complexity index is 993. The van der Waals surface area contributed by atoms with Crippen LogP contribution < -0.4 is 10.6 Å². The zero-order chi connectivity index (χ0) is 17.9. The van der Waals surface area contributed by atoms with Gasteiger partial charge in [-0.3, -0.25) is 0 Å². The molecule has 26 heavy (non-hydrogen) atoms. The van der Waals surface area contributed by atoms with Crippen molar-refractivity contribution in [1.29, 1.82) is 0 Å². The van der Waals surface area contributed by atoms with Gasteiger partial charge in [0.25, 0.3) is 0 Å². The van der Waals surface area contributed by atoms with Crippen LogP contribution in [0.25, 0.3) is 22.2 Å². The largest absolute Gasteiger partial charge is 0.497 e. The van der Waals surface area contributed by atoms with Gasteiger partial charge in [-0.25, -0.2) is 9.66 Å². The predicted octanol–water partition coefficient (Wildman–Crippen LogP) is 3.68. The van der Waals surface area contributed by atoms with E-state index in [9.17, 15) is 0 Å². The van der Waals surface area contributed by atoms with Crippen LogP contribution in [0.4, 0.5) is 0 Å². The minimum Gasteiger partial charge on any atom is -0.497 e. The van der Waals surface area contributed by atoms with Gasteiger partial charge in [-0.05, 0) is 36.4 Å². The quantitative estimate of drug-likeness (QED) is 0.400. The Morgan fingerprint density at radius 1 is 1.23 bits per heavy atom. The van der Waals surface area contributed by atoms with Crippen molar-refractivity contribution in [3.05, 3.63) is 53.7 Å². The van der Waals surface area contributed by atoms with Crippen molar-refractivity contribution < 1.29 is 9.15 Å². The molecule has 4 aromatic rings. The molecule has 3 aromatic heterocycles. The average molecular weight is 385 g/mol. The number of ether oxygens (including phenoxy) is 1. The first-order valence-corrected chi connectivity index (χ1v) is 9.57. The van der Waals surface area contributed by atoms with Crippen molar-refractivity contribution >= 4 is 23.1 Å². The van der Waals surface area contributed by atoms with Crippen molar-refractivity contribution in [2.75, 3.05) is 13.0 Å². The maximum absolute atomic E-state index is 6.06. The summed E-state index contributed by atoms with van der Waals surface area (Å²) in [6.45, 7) is 0. The van der Waals surface area contributed by atoms with Crippen molar-refractivity contribution in [1.82, 2.24) is 19.9 Å². The third kappa shape index (κ3) is 3.31. The Balaban J connectivity index is 1.45. The van der Waals surface area contributed by atoms with Crippen LogP contribution in [-0.2, 0) is 5.75 Å². The van der Waals surface area contributed by atoms with Gasteiger partial charge in [0.05, 0.1) is 19.1 Å². The highest BCUT2D eigenvalue weighted by atomic mass is 32.2. The minimum absolute atomic E-state index is 0.495. The highest BCUT2D eigenvalue weighted by molar-refractivity contribution is 7.98. The molecule has 0 bridgehead atoms. The monoisotopic (exact) mass is 385 g/mol. The fourth-order valence-electron chi connectivity index (χ4n) is 2.33. The van der Waals surface area contributed by atoms with Crippen LogP contribution in [-0.4, -0.2) is 27.0 Å². The number of benzene rings is 1.